The van der Waals surface area contributed by atoms with Crippen LogP contribution < -0.4 is 15.4 Å². The molecule has 0 spiro atoms. The number of nitrogens with zero attached hydrogens (tertiary/aromatic N) is 2. The molecule has 2 aromatic carbocycles. The minimum Gasteiger partial charge on any atom is -0.479 e. The van der Waals surface area contributed by atoms with Crippen molar-refractivity contribution in [2.24, 2.45) is 0 Å². The van der Waals surface area contributed by atoms with Gasteiger partial charge >= 0.3 is 0 Å². The summed E-state index contributed by atoms with van der Waals surface area (Å²) in [5, 5.41) is 12.3. The van der Waals surface area contributed by atoms with Crippen LogP contribution in [0.1, 0.15) is 17.3 Å². The number of para-hydroxylation sites is 1. The molecule has 4 aromatic rings. The van der Waals surface area contributed by atoms with Gasteiger partial charge in [-0.25, -0.2) is 4.68 Å². The van der Waals surface area contributed by atoms with E-state index in [0.717, 1.165) is 10.6 Å². The number of hydrogen-bond acceptors (Lipinski definition) is 5. The molecule has 0 radical (unpaired) electrons. The topological polar surface area (TPSA) is 85.2 Å². The Hall–Kier alpha value is -3.91. The molecule has 2 N–H and O–H groups in total. The Kier molecular flexibility index (Phi) is 4.76. The largest absolute Gasteiger partial charge is 0.479 e. The third-order valence-corrected chi connectivity index (χ3v) is 5.78. The third-order valence-electron chi connectivity index (χ3n) is 4.90. The van der Waals surface area contributed by atoms with Gasteiger partial charge < -0.3 is 15.4 Å². The van der Waals surface area contributed by atoms with E-state index in [1.807, 2.05) is 47.8 Å². The van der Waals surface area contributed by atoms with Crippen molar-refractivity contribution in [3.63, 3.8) is 0 Å². The summed E-state index contributed by atoms with van der Waals surface area (Å²) in [7, 11) is 0. The minimum atomic E-state index is -0.551. The van der Waals surface area contributed by atoms with Crippen LogP contribution in [0.4, 0.5) is 11.4 Å². The van der Waals surface area contributed by atoms with E-state index < -0.39 is 6.10 Å². The third kappa shape index (κ3) is 3.69. The van der Waals surface area contributed by atoms with Crippen LogP contribution in [0.5, 0.6) is 5.75 Å². The van der Waals surface area contributed by atoms with Crippen molar-refractivity contribution in [2.75, 3.05) is 10.6 Å². The quantitative estimate of drug-likeness (QED) is 0.497. The molecule has 8 heteroatoms. The number of fused-ring (bicyclic) bond motifs is 1. The maximum atomic E-state index is 13.2. The van der Waals surface area contributed by atoms with Crippen molar-refractivity contribution < 1.29 is 14.3 Å². The molecule has 3 heterocycles. The second kappa shape index (κ2) is 7.73. The molecule has 1 aliphatic rings. The summed E-state index contributed by atoms with van der Waals surface area (Å²) in [5.41, 5.74) is 3.01. The van der Waals surface area contributed by atoms with Gasteiger partial charge in [0.05, 0.1) is 21.8 Å². The van der Waals surface area contributed by atoms with E-state index in [9.17, 15) is 9.59 Å². The summed E-state index contributed by atoms with van der Waals surface area (Å²) in [5.74, 6) is 0.0586. The first-order chi connectivity index (χ1) is 15.1. The minimum absolute atomic E-state index is 0.222. The van der Waals surface area contributed by atoms with Crippen molar-refractivity contribution in [1.82, 2.24) is 9.78 Å². The second-order valence-corrected chi connectivity index (χ2v) is 8.01. The highest BCUT2D eigenvalue weighted by molar-refractivity contribution is 7.13. The van der Waals surface area contributed by atoms with E-state index in [2.05, 4.69) is 15.7 Å². The van der Waals surface area contributed by atoms with Crippen molar-refractivity contribution in [3.05, 3.63) is 77.8 Å². The van der Waals surface area contributed by atoms with Crippen LogP contribution in [0, 0.1) is 0 Å². The molecular weight excluding hydrogens is 412 g/mol. The lowest BCUT2D eigenvalue weighted by atomic mass is 10.1. The molecule has 0 fully saturated rings. The molecule has 2 aromatic heterocycles. The predicted octanol–water partition coefficient (Wildman–Crippen LogP) is 4.57. The van der Waals surface area contributed by atoms with E-state index in [0.29, 0.717) is 28.4 Å². The summed E-state index contributed by atoms with van der Waals surface area (Å²) in [4.78, 5) is 26.0. The van der Waals surface area contributed by atoms with Gasteiger partial charge in [0.1, 0.15) is 11.4 Å². The van der Waals surface area contributed by atoms with Crippen LogP contribution in [0.25, 0.3) is 16.3 Å². The van der Waals surface area contributed by atoms with Gasteiger partial charge in [-0.1, -0.05) is 24.3 Å². The fourth-order valence-electron chi connectivity index (χ4n) is 3.33. The maximum absolute atomic E-state index is 13.2. The molecule has 0 saturated carbocycles. The van der Waals surface area contributed by atoms with E-state index >= 15 is 0 Å². The highest BCUT2D eigenvalue weighted by atomic mass is 32.1. The number of nitrogens with one attached hydrogen (secondary N) is 2. The van der Waals surface area contributed by atoms with Gasteiger partial charge in [-0.2, -0.15) is 5.10 Å². The summed E-state index contributed by atoms with van der Waals surface area (Å²) in [6, 6.07) is 18.7. The summed E-state index contributed by atoms with van der Waals surface area (Å²) >= 11 is 1.52. The first kappa shape index (κ1) is 19.1. The number of rotatable bonds is 4. The van der Waals surface area contributed by atoms with Crippen molar-refractivity contribution in [3.8, 4) is 22.0 Å². The van der Waals surface area contributed by atoms with Gasteiger partial charge in [-0.15, -0.1) is 11.3 Å². The van der Waals surface area contributed by atoms with Gasteiger partial charge in [0, 0.05) is 11.9 Å². The fourth-order valence-corrected chi connectivity index (χ4v) is 4.06. The number of ether oxygens (including phenoxy) is 1. The first-order valence-corrected chi connectivity index (χ1v) is 10.6. The van der Waals surface area contributed by atoms with Crippen molar-refractivity contribution in [2.45, 2.75) is 13.0 Å². The van der Waals surface area contributed by atoms with E-state index in [-0.39, 0.29) is 11.8 Å². The summed E-state index contributed by atoms with van der Waals surface area (Å²) in [6.45, 7) is 1.68. The smallest absolute Gasteiger partial charge is 0.265 e. The average molecular weight is 430 g/mol. The Balaban J connectivity index is 1.47. The number of carbonyl (C=O) groups excluding carboxylic acids is 2. The Morgan fingerprint density at radius 2 is 2.00 bits per heavy atom. The molecule has 0 unspecified atom stereocenters. The second-order valence-electron chi connectivity index (χ2n) is 7.06. The summed E-state index contributed by atoms with van der Waals surface area (Å²) < 4.78 is 7.27. The van der Waals surface area contributed by atoms with Crippen LogP contribution >= 0.6 is 11.3 Å². The van der Waals surface area contributed by atoms with E-state index in [4.69, 9.17) is 4.74 Å². The number of aromatic nitrogens is 2. The maximum Gasteiger partial charge on any atom is 0.265 e. The molecule has 7 nitrogen and oxygen atoms in total. The van der Waals surface area contributed by atoms with Crippen LogP contribution in [-0.4, -0.2) is 27.7 Å². The number of thiophene rings is 1. The first-order valence-electron chi connectivity index (χ1n) is 9.70. The van der Waals surface area contributed by atoms with Crippen LogP contribution in [-0.2, 0) is 4.79 Å². The molecule has 1 aliphatic heterocycles. The predicted molar refractivity (Wildman–Crippen MR) is 120 cm³/mol. The van der Waals surface area contributed by atoms with Crippen LogP contribution in [0.2, 0.25) is 0 Å². The van der Waals surface area contributed by atoms with E-state index in [1.165, 1.54) is 11.3 Å². The van der Waals surface area contributed by atoms with Crippen molar-refractivity contribution in [1.29, 1.82) is 0 Å². The fraction of sp³-hybridized carbons (Fsp3) is 0.0870. The van der Waals surface area contributed by atoms with Gasteiger partial charge in [-0.05, 0) is 48.7 Å². The highest BCUT2D eigenvalue weighted by Crippen LogP contribution is 2.33. The Morgan fingerprint density at radius 3 is 2.77 bits per heavy atom. The van der Waals surface area contributed by atoms with Gasteiger partial charge in [0.15, 0.2) is 6.10 Å². The molecular formula is C23H18N4O3S. The number of benzene rings is 2. The van der Waals surface area contributed by atoms with Gasteiger partial charge in [0.25, 0.3) is 11.8 Å². The molecule has 0 aliphatic carbocycles. The zero-order valence-electron chi connectivity index (χ0n) is 16.5. The van der Waals surface area contributed by atoms with Gasteiger partial charge in [0.2, 0.25) is 0 Å². The normalized spacial score (nSPS) is 15.0. The lowest BCUT2D eigenvalue weighted by Crippen LogP contribution is -2.34. The van der Waals surface area contributed by atoms with E-state index in [1.54, 1.807) is 36.0 Å². The zero-order valence-corrected chi connectivity index (χ0v) is 17.3. The number of amides is 2. The summed E-state index contributed by atoms with van der Waals surface area (Å²) in [6.07, 6.45) is 1.18. The number of anilines is 2. The molecule has 0 bridgehead atoms. The molecule has 31 heavy (non-hydrogen) atoms. The molecule has 0 saturated heterocycles. The monoisotopic (exact) mass is 430 g/mol. The standard InChI is InChI=1S/C23H18N4O3S/c1-14-22(28)25-18-12-15(9-10-19(18)30-14)24-23(29)17-13-27(16-6-3-2-4-7-16)26-21(17)20-8-5-11-31-20/h2-14H,1H3,(H,24,29)(H,25,28)/t14-/m1/s1. The average Bonchev–Trinajstić information content (AvgIpc) is 3.45. The molecule has 1 atom stereocenters. The Labute approximate surface area is 182 Å². The van der Waals surface area contributed by atoms with Crippen LogP contribution in [0.3, 0.4) is 0 Å². The van der Waals surface area contributed by atoms with Gasteiger partial charge in [-0.3, -0.25) is 9.59 Å². The SMILES string of the molecule is C[C@H]1Oc2ccc(NC(=O)c3cn(-c4ccccc4)nc3-c3cccs3)cc2NC1=O. The molecule has 5 rings (SSSR count). The lowest BCUT2D eigenvalue weighted by Gasteiger charge is -2.23. The van der Waals surface area contributed by atoms with Crippen molar-refractivity contribution >= 4 is 34.5 Å². The molecule has 154 valence electrons. The number of carbonyl (C=O) groups is 2. The Bertz CT molecular complexity index is 1270. The highest BCUT2D eigenvalue weighted by Gasteiger charge is 2.24. The number of hydrogen-bond donors (Lipinski definition) is 2. The zero-order chi connectivity index (χ0) is 21.4. The molecule has 2 amide bonds. The lowest BCUT2D eigenvalue weighted by molar-refractivity contribution is -0.122. The Morgan fingerprint density at radius 1 is 1.16 bits per heavy atom. The van der Waals surface area contributed by atoms with Crippen LogP contribution in [0.15, 0.2) is 72.2 Å².